The van der Waals surface area contributed by atoms with E-state index in [-0.39, 0.29) is 23.1 Å². The third-order valence-electron chi connectivity index (χ3n) is 4.52. The Hall–Kier alpha value is -2.02. The molecular weight excluding hydrogens is 306 g/mol. The summed E-state index contributed by atoms with van der Waals surface area (Å²) in [5.41, 5.74) is 0.540. The molecule has 0 radical (unpaired) electrons. The van der Waals surface area contributed by atoms with E-state index in [2.05, 4.69) is 0 Å². The van der Waals surface area contributed by atoms with Crippen LogP contribution in [0.15, 0.2) is 27.4 Å². The first-order chi connectivity index (χ1) is 10.6. The average Bonchev–Trinajstić information content (AvgIpc) is 2.95. The first-order valence-electron chi connectivity index (χ1n) is 7.32. The van der Waals surface area contributed by atoms with E-state index >= 15 is 0 Å². The molecule has 2 saturated heterocycles. The summed E-state index contributed by atoms with van der Waals surface area (Å²) in [7, 11) is 0. The zero-order valence-corrected chi connectivity index (χ0v) is 12.5. The Bertz CT molecular complexity index is 768. The number of benzene rings is 1. The lowest BCUT2D eigenvalue weighted by Crippen LogP contribution is -2.48. The molecule has 1 N–H and O–H groups in total. The minimum Gasteiger partial charge on any atom is -0.490 e. The van der Waals surface area contributed by atoms with Crippen LogP contribution in [0.5, 0.6) is 5.75 Å². The molecule has 22 heavy (non-hydrogen) atoms. The third kappa shape index (κ3) is 2.25. The number of fused-ring (bicyclic) bond motifs is 3. The minimum atomic E-state index is -0.826. The van der Waals surface area contributed by atoms with E-state index in [1.54, 1.807) is 11.0 Å². The molecule has 0 aliphatic carbocycles. The number of carboxylic acid groups (broad SMARTS) is 1. The van der Waals surface area contributed by atoms with E-state index in [0.29, 0.717) is 24.2 Å². The fourth-order valence-corrected chi connectivity index (χ4v) is 4.30. The number of hydrogen-bond donors (Lipinski definition) is 1. The predicted molar refractivity (Wildman–Crippen MR) is 80.7 cm³/mol. The lowest BCUT2D eigenvalue weighted by molar-refractivity contribution is 0.0496. The number of carbonyl (C=O) groups is 1. The molecule has 2 aliphatic heterocycles. The normalized spacial score (nSPS) is 27.3. The number of ether oxygens (including phenoxy) is 1. The van der Waals surface area contributed by atoms with Gasteiger partial charge in [-0.2, -0.15) is 0 Å². The van der Waals surface area contributed by atoms with E-state index in [0.717, 1.165) is 28.9 Å². The van der Waals surface area contributed by atoms with Gasteiger partial charge in [0.25, 0.3) is 0 Å². The fraction of sp³-hybridized carbons (Fsp3) is 0.467. The number of hydrogen-bond acceptors (Lipinski definition) is 5. The number of piperidine rings is 1. The van der Waals surface area contributed by atoms with Crippen LogP contribution in [0.25, 0.3) is 10.3 Å². The highest BCUT2D eigenvalue weighted by atomic mass is 32.1. The number of rotatable bonds is 2. The molecule has 2 bridgehead atoms. The van der Waals surface area contributed by atoms with Crippen molar-refractivity contribution in [3.63, 3.8) is 0 Å². The van der Waals surface area contributed by atoms with Crippen LogP contribution in [0.4, 0.5) is 4.79 Å². The van der Waals surface area contributed by atoms with Crippen molar-refractivity contribution in [2.45, 2.75) is 43.9 Å². The summed E-state index contributed by atoms with van der Waals surface area (Å²) in [5.74, 6) is 0.669. The molecule has 2 aromatic rings. The molecule has 3 atom stereocenters. The van der Waals surface area contributed by atoms with Gasteiger partial charge in [0.2, 0.25) is 0 Å². The van der Waals surface area contributed by atoms with Crippen LogP contribution in [0.2, 0.25) is 0 Å². The molecule has 116 valence electrons. The molecule has 0 spiro atoms. The van der Waals surface area contributed by atoms with Gasteiger partial charge in [0.15, 0.2) is 5.58 Å². The van der Waals surface area contributed by atoms with Crippen LogP contribution in [0.3, 0.4) is 0 Å². The van der Waals surface area contributed by atoms with Gasteiger partial charge in [0.1, 0.15) is 11.9 Å². The third-order valence-corrected chi connectivity index (χ3v) is 5.32. The Kier molecular flexibility index (Phi) is 3.11. The van der Waals surface area contributed by atoms with Crippen LogP contribution in [0, 0.1) is 0 Å². The van der Waals surface area contributed by atoms with Crippen LogP contribution in [-0.2, 0) is 0 Å². The Labute approximate surface area is 129 Å². The highest BCUT2D eigenvalue weighted by molar-refractivity contribution is 7.16. The molecule has 7 heteroatoms. The summed E-state index contributed by atoms with van der Waals surface area (Å²) in [6.45, 7) is 0. The van der Waals surface area contributed by atoms with Gasteiger partial charge in [0, 0.05) is 31.0 Å². The van der Waals surface area contributed by atoms with E-state index in [1.807, 2.05) is 12.1 Å². The number of amides is 1. The molecule has 0 saturated carbocycles. The molecule has 1 unspecified atom stereocenters. The van der Waals surface area contributed by atoms with Gasteiger partial charge in [-0.25, -0.2) is 9.59 Å². The van der Waals surface area contributed by atoms with E-state index < -0.39 is 6.09 Å². The standard InChI is InChI=1S/C15H15NO5S/c17-14(18)16-8-1-2-9(16)6-11(5-8)20-10-3-4-13-12(7-10)21-15(19)22-13/h3-4,7-9,11H,1-2,5-6H2,(H,17,18)/t8-,9+,11?. The Balaban J connectivity index is 1.52. The van der Waals surface area contributed by atoms with Crippen molar-refractivity contribution in [3.05, 3.63) is 27.9 Å². The second kappa shape index (κ2) is 5.01. The molecule has 1 aromatic heterocycles. The van der Waals surface area contributed by atoms with Crippen molar-refractivity contribution in [1.29, 1.82) is 0 Å². The summed E-state index contributed by atoms with van der Waals surface area (Å²) >= 11 is 1.07. The second-order valence-electron chi connectivity index (χ2n) is 5.85. The van der Waals surface area contributed by atoms with Gasteiger partial charge in [-0.1, -0.05) is 11.3 Å². The summed E-state index contributed by atoms with van der Waals surface area (Å²) in [5, 5.41) is 9.26. The van der Waals surface area contributed by atoms with Gasteiger partial charge in [-0.3, -0.25) is 0 Å². The van der Waals surface area contributed by atoms with Crippen molar-refractivity contribution in [1.82, 2.24) is 4.90 Å². The summed E-state index contributed by atoms with van der Waals surface area (Å²) in [6.07, 6.45) is 2.44. The van der Waals surface area contributed by atoms with Crippen molar-refractivity contribution in [3.8, 4) is 5.75 Å². The van der Waals surface area contributed by atoms with Gasteiger partial charge >= 0.3 is 11.0 Å². The fourth-order valence-electron chi connectivity index (χ4n) is 3.65. The molecule has 3 heterocycles. The number of nitrogens with zero attached hydrogens (tertiary/aromatic N) is 1. The van der Waals surface area contributed by atoms with Crippen molar-refractivity contribution < 1.29 is 19.1 Å². The maximum absolute atomic E-state index is 11.3. The van der Waals surface area contributed by atoms with Crippen LogP contribution in [0.1, 0.15) is 25.7 Å². The Morgan fingerprint density at radius 2 is 2.05 bits per heavy atom. The molecule has 1 aromatic carbocycles. The van der Waals surface area contributed by atoms with Gasteiger partial charge < -0.3 is 19.2 Å². The molecule has 2 aliphatic rings. The Morgan fingerprint density at radius 3 is 2.73 bits per heavy atom. The monoisotopic (exact) mass is 321 g/mol. The molecular formula is C15H15NO5S. The van der Waals surface area contributed by atoms with Gasteiger partial charge in [-0.05, 0) is 25.0 Å². The lowest BCUT2D eigenvalue weighted by atomic mass is 10.0. The summed E-state index contributed by atoms with van der Waals surface area (Å²) in [6, 6.07) is 5.51. The quantitative estimate of drug-likeness (QED) is 0.920. The van der Waals surface area contributed by atoms with Crippen molar-refractivity contribution in [2.75, 3.05) is 0 Å². The van der Waals surface area contributed by atoms with Crippen LogP contribution >= 0.6 is 11.3 Å². The maximum Gasteiger partial charge on any atom is 0.407 e. The first kappa shape index (κ1) is 13.6. The second-order valence-corrected chi connectivity index (χ2v) is 6.83. The highest BCUT2D eigenvalue weighted by Crippen LogP contribution is 2.37. The largest absolute Gasteiger partial charge is 0.490 e. The average molecular weight is 321 g/mol. The SMILES string of the molecule is O=C(O)N1[C@@H]2CC[C@H]1CC(Oc1ccc3sc(=O)oc3c1)C2. The minimum absolute atomic E-state index is 0.0101. The van der Waals surface area contributed by atoms with Crippen LogP contribution < -0.4 is 9.68 Å². The lowest BCUT2D eigenvalue weighted by Gasteiger charge is -2.37. The predicted octanol–water partition coefficient (Wildman–Crippen LogP) is 2.91. The molecule has 4 rings (SSSR count). The topological polar surface area (TPSA) is 80.0 Å². The zero-order chi connectivity index (χ0) is 15.3. The van der Waals surface area contributed by atoms with Crippen molar-refractivity contribution in [2.24, 2.45) is 0 Å². The van der Waals surface area contributed by atoms with Gasteiger partial charge in [-0.15, -0.1) is 0 Å². The maximum atomic E-state index is 11.3. The zero-order valence-electron chi connectivity index (χ0n) is 11.7. The van der Waals surface area contributed by atoms with E-state index in [9.17, 15) is 14.7 Å². The summed E-state index contributed by atoms with van der Waals surface area (Å²) in [4.78, 5) is 23.8. The molecule has 6 nitrogen and oxygen atoms in total. The van der Waals surface area contributed by atoms with Crippen molar-refractivity contribution >= 4 is 27.7 Å². The first-order valence-corrected chi connectivity index (χ1v) is 8.13. The van der Waals surface area contributed by atoms with Crippen LogP contribution in [-0.4, -0.2) is 34.3 Å². The smallest absolute Gasteiger partial charge is 0.407 e. The molecule has 2 fully saturated rings. The molecule has 1 amide bonds. The van der Waals surface area contributed by atoms with E-state index in [1.165, 1.54) is 0 Å². The highest BCUT2D eigenvalue weighted by Gasteiger charge is 2.44. The van der Waals surface area contributed by atoms with E-state index in [4.69, 9.17) is 9.15 Å². The van der Waals surface area contributed by atoms with Gasteiger partial charge in [0.05, 0.1) is 4.70 Å². The summed E-state index contributed by atoms with van der Waals surface area (Å²) < 4.78 is 11.9. The Morgan fingerprint density at radius 1 is 1.32 bits per heavy atom.